The smallest absolute Gasteiger partial charge is 0.326 e. The largest absolute Gasteiger partial charge is 0.480 e. The second kappa shape index (κ2) is 7.02. The lowest BCUT2D eigenvalue weighted by molar-refractivity contribution is -0.141. The Bertz CT molecular complexity index is 523. The minimum absolute atomic E-state index is 0.0919. The Kier molecular flexibility index (Phi) is 5.33. The first-order valence-electron chi connectivity index (χ1n) is 6.98. The highest BCUT2D eigenvalue weighted by Gasteiger charge is 2.31. The quantitative estimate of drug-likeness (QED) is 0.868. The molecule has 1 aromatic carbocycles. The fourth-order valence-corrected chi connectivity index (χ4v) is 3.30. The van der Waals surface area contributed by atoms with Crippen molar-refractivity contribution in [3.8, 4) is 0 Å². The van der Waals surface area contributed by atoms with E-state index in [1.165, 1.54) is 12.1 Å². The maximum absolute atomic E-state index is 13.8. The van der Waals surface area contributed by atoms with E-state index in [1.807, 2.05) is 0 Å². The number of hydrogen-bond acceptors (Lipinski definition) is 2. The molecule has 21 heavy (non-hydrogen) atoms. The molecule has 2 rings (SSSR count). The third-order valence-electron chi connectivity index (χ3n) is 3.86. The monoisotopic (exact) mass is 357 g/mol. The molecule has 114 valence electrons. The Balaban J connectivity index is 2.16. The Labute approximate surface area is 130 Å². The van der Waals surface area contributed by atoms with Crippen LogP contribution in [0.5, 0.6) is 0 Å². The number of aliphatic carboxylic acids is 1. The number of carbonyl (C=O) groups excluding carboxylic acids is 1. The molecule has 1 aliphatic carbocycles. The highest BCUT2D eigenvalue weighted by molar-refractivity contribution is 9.10. The maximum atomic E-state index is 13.8. The lowest BCUT2D eigenvalue weighted by Gasteiger charge is -2.28. The molecule has 1 aromatic rings. The molecule has 1 atom stereocenters. The Hall–Kier alpha value is -1.43. The van der Waals surface area contributed by atoms with E-state index >= 15 is 0 Å². The zero-order chi connectivity index (χ0) is 15.4. The molecule has 0 aromatic heterocycles. The first kappa shape index (κ1) is 15.9. The summed E-state index contributed by atoms with van der Waals surface area (Å²) in [7, 11) is 0. The third kappa shape index (κ3) is 3.81. The van der Waals surface area contributed by atoms with Crippen LogP contribution in [0.15, 0.2) is 22.7 Å². The SMILES string of the molecule is O=C(NC(C(=O)O)C1CCCCC1)c1c(F)cccc1Br. The first-order chi connectivity index (χ1) is 10.0. The van der Waals surface area contributed by atoms with Crippen LogP contribution in [0.4, 0.5) is 4.39 Å². The molecule has 6 heteroatoms. The van der Waals surface area contributed by atoms with Crippen molar-refractivity contribution >= 4 is 27.8 Å². The molecule has 1 amide bonds. The number of benzene rings is 1. The molecule has 0 radical (unpaired) electrons. The lowest BCUT2D eigenvalue weighted by Crippen LogP contribution is -2.46. The summed E-state index contributed by atoms with van der Waals surface area (Å²) in [4.78, 5) is 23.6. The number of halogens is 2. The summed E-state index contributed by atoms with van der Waals surface area (Å²) in [6.45, 7) is 0. The second-order valence-corrected chi connectivity index (χ2v) is 6.14. The van der Waals surface area contributed by atoms with Gasteiger partial charge in [-0.15, -0.1) is 0 Å². The summed E-state index contributed by atoms with van der Waals surface area (Å²) < 4.78 is 14.1. The van der Waals surface area contributed by atoms with Gasteiger partial charge in [-0.05, 0) is 46.8 Å². The summed E-state index contributed by atoms with van der Waals surface area (Å²) in [6.07, 6.45) is 4.57. The van der Waals surface area contributed by atoms with Gasteiger partial charge in [0.25, 0.3) is 5.91 Å². The van der Waals surface area contributed by atoms with Crippen LogP contribution < -0.4 is 5.32 Å². The van der Waals surface area contributed by atoms with Gasteiger partial charge in [0, 0.05) is 4.47 Å². The van der Waals surface area contributed by atoms with Crippen LogP contribution in [0.1, 0.15) is 42.5 Å². The van der Waals surface area contributed by atoms with Crippen molar-refractivity contribution in [3.63, 3.8) is 0 Å². The van der Waals surface area contributed by atoms with E-state index < -0.39 is 23.7 Å². The second-order valence-electron chi connectivity index (χ2n) is 5.28. The minimum atomic E-state index is -1.07. The van der Waals surface area contributed by atoms with E-state index in [9.17, 15) is 19.1 Å². The van der Waals surface area contributed by atoms with Crippen molar-refractivity contribution < 1.29 is 19.1 Å². The van der Waals surface area contributed by atoms with Crippen molar-refractivity contribution in [1.29, 1.82) is 0 Å². The predicted octanol–water partition coefficient (Wildman–Crippen LogP) is 3.35. The van der Waals surface area contributed by atoms with Crippen LogP contribution in [0.25, 0.3) is 0 Å². The van der Waals surface area contributed by atoms with Crippen molar-refractivity contribution in [2.75, 3.05) is 0 Å². The van der Waals surface area contributed by atoms with E-state index in [0.717, 1.165) is 32.1 Å². The lowest BCUT2D eigenvalue weighted by atomic mass is 9.84. The van der Waals surface area contributed by atoms with E-state index in [1.54, 1.807) is 6.07 Å². The molecule has 4 nitrogen and oxygen atoms in total. The molecule has 0 heterocycles. The average molecular weight is 358 g/mol. The van der Waals surface area contributed by atoms with Gasteiger partial charge in [0.1, 0.15) is 11.9 Å². The van der Waals surface area contributed by atoms with Gasteiger partial charge in [-0.25, -0.2) is 9.18 Å². The van der Waals surface area contributed by atoms with Crippen molar-refractivity contribution in [1.82, 2.24) is 5.32 Å². The topological polar surface area (TPSA) is 66.4 Å². The van der Waals surface area contributed by atoms with Gasteiger partial charge >= 0.3 is 5.97 Å². The Morgan fingerprint density at radius 1 is 1.29 bits per heavy atom. The van der Waals surface area contributed by atoms with E-state index in [0.29, 0.717) is 4.47 Å². The van der Waals surface area contributed by atoms with Crippen molar-refractivity contribution in [2.45, 2.75) is 38.1 Å². The zero-order valence-electron chi connectivity index (χ0n) is 11.4. The van der Waals surface area contributed by atoms with Gasteiger partial charge in [0.15, 0.2) is 0 Å². The Morgan fingerprint density at radius 2 is 1.95 bits per heavy atom. The molecule has 1 fully saturated rings. The third-order valence-corrected chi connectivity index (χ3v) is 4.52. The summed E-state index contributed by atoms with van der Waals surface area (Å²) in [5.41, 5.74) is -0.153. The average Bonchev–Trinajstić information content (AvgIpc) is 2.45. The molecule has 0 bridgehead atoms. The van der Waals surface area contributed by atoms with Crippen molar-refractivity contribution in [3.05, 3.63) is 34.1 Å². The number of nitrogens with one attached hydrogen (secondary N) is 1. The number of carboxylic acids is 1. The molecule has 0 saturated heterocycles. The van der Waals surface area contributed by atoms with Crippen LogP contribution in [0.3, 0.4) is 0 Å². The molecule has 1 aliphatic rings. The number of rotatable bonds is 4. The summed E-state index contributed by atoms with van der Waals surface area (Å²) in [5.74, 6) is -2.53. The van der Waals surface area contributed by atoms with E-state index in [-0.39, 0.29) is 11.5 Å². The molecular formula is C15H17BrFNO3. The van der Waals surface area contributed by atoms with Crippen LogP contribution in [-0.2, 0) is 4.79 Å². The van der Waals surface area contributed by atoms with Gasteiger partial charge in [0.2, 0.25) is 0 Å². The summed E-state index contributed by atoms with van der Waals surface area (Å²) >= 11 is 3.12. The van der Waals surface area contributed by atoms with Crippen LogP contribution >= 0.6 is 15.9 Å². The molecule has 1 saturated carbocycles. The number of amides is 1. The van der Waals surface area contributed by atoms with Gasteiger partial charge < -0.3 is 10.4 Å². The maximum Gasteiger partial charge on any atom is 0.326 e. The number of carbonyl (C=O) groups is 2. The Morgan fingerprint density at radius 3 is 2.52 bits per heavy atom. The highest BCUT2D eigenvalue weighted by atomic mass is 79.9. The van der Waals surface area contributed by atoms with Crippen LogP contribution in [0, 0.1) is 11.7 Å². The van der Waals surface area contributed by atoms with Gasteiger partial charge in [-0.3, -0.25) is 4.79 Å². The normalized spacial score (nSPS) is 17.2. The van der Waals surface area contributed by atoms with Crippen LogP contribution in [-0.4, -0.2) is 23.0 Å². The standard InChI is InChI=1S/C15H17BrFNO3/c16-10-7-4-8-11(17)12(10)14(19)18-13(15(20)21)9-5-2-1-3-6-9/h4,7-9,13H,1-3,5-6H2,(H,18,19)(H,20,21). The van der Waals surface area contributed by atoms with Gasteiger partial charge in [-0.1, -0.05) is 25.3 Å². The predicted molar refractivity (Wildman–Crippen MR) is 79.6 cm³/mol. The molecular weight excluding hydrogens is 341 g/mol. The molecule has 1 unspecified atom stereocenters. The number of hydrogen-bond donors (Lipinski definition) is 2. The fourth-order valence-electron chi connectivity index (χ4n) is 2.78. The summed E-state index contributed by atoms with van der Waals surface area (Å²) in [5, 5.41) is 11.8. The zero-order valence-corrected chi connectivity index (χ0v) is 13.0. The van der Waals surface area contributed by atoms with Gasteiger partial charge in [-0.2, -0.15) is 0 Å². The highest BCUT2D eigenvalue weighted by Crippen LogP contribution is 2.27. The molecule has 2 N–H and O–H groups in total. The van der Waals surface area contributed by atoms with Gasteiger partial charge in [0.05, 0.1) is 5.56 Å². The number of carboxylic acid groups (broad SMARTS) is 1. The summed E-state index contributed by atoms with van der Waals surface area (Å²) in [6, 6.07) is 3.24. The minimum Gasteiger partial charge on any atom is -0.480 e. The fraction of sp³-hybridized carbons (Fsp3) is 0.467. The first-order valence-corrected chi connectivity index (χ1v) is 7.77. The van der Waals surface area contributed by atoms with E-state index in [2.05, 4.69) is 21.2 Å². The van der Waals surface area contributed by atoms with Crippen molar-refractivity contribution in [2.24, 2.45) is 5.92 Å². The molecule has 0 aliphatic heterocycles. The molecule has 0 spiro atoms. The van der Waals surface area contributed by atoms with E-state index in [4.69, 9.17) is 0 Å². The van der Waals surface area contributed by atoms with Crippen LogP contribution in [0.2, 0.25) is 0 Å².